The van der Waals surface area contributed by atoms with Gasteiger partial charge in [-0.1, -0.05) is 39.5 Å². The van der Waals surface area contributed by atoms with Crippen molar-refractivity contribution in [3.63, 3.8) is 0 Å². The van der Waals surface area contributed by atoms with Gasteiger partial charge in [0.1, 0.15) is 0 Å². The van der Waals surface area contributed by atoms with Crippen LogP contribution in [0, 0.1) is 11.8 Å². The summed E-state index contributed by atoms with van der Waals surface area (Å²) in [4.78, 5) is 0. The van der Waals surface area contributed by atoms with Crippen LogP contribution in [0.5, 0.6) is 0 Å². The molecule has 0 radical (unpaired) electrons. The SMILES string of the molecule is CCCNC(CCOC)C1CCCCC1CC. The van der Waals surface area contributed by atoms with E-state index in [-0.39, 0.29) is 0 Å². The predicted molar refractivity (Wildman–Crippen MR) is 74.3 cm³/mol. The maximum absolute atomic E-state index is 5.27. The summed E-state index contributed by atoms with van der Waals surface area (Å²) in [6.45, 7) is 6.66. The Morgan fingerprint density at radius 3 is 2.65 bits per heavy atom. The van der Waals surface area contributed by atoms with E-state index in [0.717, 1.165) is 25.0 Å². The first-order valence-corrected chi connectivity index (χ1v) is 7.55. The third-order valence-electron chi connectivity index (χ3n) is 4.30. The van der Waals surface area contributed by atoms with Crippen molar-refractivity contribution in [1.29, 1.82) is 0 Å². The van der Waals surface area contributed by atoms with Gasteiger partial charge in [0.15, 0.2) is 0 Å². The molecule has 102 valence electrons. The monoisotopic (exact) mass is 241 g/mol. The highest BCUT2D eigenvalue weighted by Gasteiger charge is 2.29. The van der Waals surface area contributed by atoms with Crippen LogP contribution in [-0.4, -0.2) is 26.3 Å². The van der Waals surface area contributed by atoms with Crippen LogP contribution >= 0.6 is 0 Å². The maximum atomic E-state index is 5.27. The molecule has 0 aliphatic heterocycles. The topological polar surface area (TPSA) is 21.3 Å². The predicted octanol–water partition coefficient (Wildman–Crippen LogP) is 3.61. The van der Waals surface area contributed by atoms with Crippen LogP contribution in [0.15, 0.2) is 0 Å². The van der Waals surface area contributed by atoms with E-state index in [1.54, 1.807) is 0 Å². The number of methoxy groups -OCH3 is 1. The van der Waals surface area contributed by atoms with Crippen molar-refractivity contribution in [2.24, 2.45) is 11.8 Å². The zero-order chi connectivity index (χ0) is 12.5. The molecule has 1 saturated carbocycles. The molecule has 1 N–H and O–H groups in total. The molecule has 17 heavy (non-hydrogen) atoms. The molecule has 0 aromatic rings. The molecule has 1 rings (SSSR count). The van der Waals surface area contributed by atoms with Gasteiger partial charge in [0.25, 0.3) is 0 Å². The first-order chi connectivity index (χ1) is 8.33. The van der Waals surface area contributed by atoms with Crippen molar-refractivity contribution in [3.8, 4) is 0 Å². The Hall–Kier alpha value is -0.0800. The Morgan fingerprint density at radius 1 is 1.24 bits per heavy atom. The normalized spacial score (nSPS) is 27.0. The molecule has 1 aliphatic carbocycles. The summed E-state index contributed by atoms with van der Waals surface area (Å²) in [7, 11) is 1.81. The van der Waals surface area contributed by atoms with Crippen LogP contribution in [-0.2, 0) is 4.74 Å². The van der Waals surface area contributed by atoms with Gasteiger partial charge in [-0.3, -0.25) is 0 Å². The lowest BCUT2D eigenvalue weighted by Gasteiger charge is -2.37. The lowest BCUT2D eigenvalue weighted by molar-refractivity contribution is 0.129. The van der Waals surface area contributed by atoms with E-state index in [1.807, 2.05) is 7.11 Å². The molecule has 3 atom stereocenters. The van der Waals surface area contributed by atoms with Gasteiger partial charge in [0.2, 0.25) is 0 Å². The van der Waals surface area contributed by atoms with E-state index in [1.165, 1.54) is 44.9 Å². The Morgan fingerprint density at radius 2 is 2.00 bits per heavy atom. The summed E-state index contributed by atoms with van der Waals surface area (Å²) in [6, 6.07) is 0.681. The smallest absolute Gasteiger partial charge is 0.0477 e. The van der Waals surface area contributed by atoms with E-state index in [2.05, 4.69) is 19.2 Å². The van der Waals surface area contributed by atoms with Gasteiger partial charge < -0.3 is 10.1 Å². The highest BCUT2D eigenvalue weighted by molar-refractivity contribution is 4.84. The molecule has 0 heterocycles. The minimum Gasteiger partial charge on any atom is -0.385 e. The van der Waals surface area contributed by atoms with Gasteiger partial charge >= 0.3 is 0 Å². The van der Waals surface area contributed by atoms with Gasteiger partial charge in [-0.05, 0) is 37.6 Å². The molecule has 3 unspecified atom stereocenters. The molecule has 0 amide bonds. The Kier molecular flexibility index (Phi) is 7.87. The lowest BCUT2D eigenvalue weighted by atomic mass is 9.73. The summed E-state index contributed by atoms with van der Waals surface area (Å²) >= 11 is 0. The van der Waals surface area contributed by atoms with E-state index in [4.69, 9.17) is 4.74 Å². The van der Waals surface area contributed by atoms with Gasteiger partial charge in [-0.25, -0.2) is 0 Å². The Balaban J connectivity index is 2.51. The summed E-state index contributed by atoms with van der Waals surface area (Å²) in [5, 5.41) is 3.76. The summed E-state index contributed by atoms with van der Waals surface area (Å²) in [5.74, 6) is 1.82. The molecule has 0 aromatic heterocycles. The van der Waals surface area contributed by atoms with Crippen LogP contribution in [0.1, 0.15) is 58.8 Å². The Bertz CT molecular complexity index is 176. The molecule has 2 nitrogen and oxygen atoms in total. The highest BCUT2D eigenvalue weighted by atomic mass is 16.5. The molecular formula is C15H31NO. The van der Waals surface area contributed by atoms with Crippen LogP contribution < -0.4 is 5.32 Å². The van der Waals surface area contributed by atoms with Crippen LogP contribution in [0.25, 0.3) is 0 Å². The van der Waals surface area contributed by atoms with Gasteiger partial charge in [0, 0.05) is 19.8 Å². The van der Waals surface area contributed by atoms with Crippen LogP contribution in [0.3, 0.4) is 0 Å². The van der Waals surface area contributed by atoms with Crippen molar-refractivity contribution in [2.75, 3.05) is 20.3 Å². The standard InChI is InChI=1S/C15H31NO/c1-4-11-16-15(10-12-17-3)14-9-7-6-8-13(14)5-2/h13-16H,4-12H2,1-3H3. The number of nitrogens with one attached hydrogen (secondary N) is 1. The zero-order valence-electron chi connectivity index (χ0n) is 12.0. The number of hydrogen-bond donors (Lipinski definition) is 1. The van der Waals surface area contributed by atoms with Crippen molar-refractivity contribution in [1.82, 2.24) is 5.32 Å². The molecule has 0 bridgehead atoms. The van der Waals surface area contributed by atoms with Crippen LogP contribution in [0.2, 0.25) is 0 Å². The molecular weight excluding hydrogens is 210 g/mol. The number of ether oxygens (including phenoxy) is 1. The third-order valence-corrected chi connectivity index (χ3v) is 4.30. The number of hydrogen-bond acceptors (Lipinski definition) is 2. The quantitative estimate of drug-likeness (QED) is 0.701. The fourth-order valence-electron chi connectivity index (χ4n) is 3.31. The lowest BCUT2D eigenvalue weighted by Crippen LogP contribution is -2.42. The van der Waals surface area contributed by atoms with E-state index in [9.17, 15) is 0 Å². The summed E-state index contributed by atoms with van der Waals surface area (Å²) in [5.41, 5.74) is 0. The fraction of sp³-hybridized carbons (Fsp3) is 1.00. The minimum atomic E-state index is 0.681. The van der Waals surface area contributed by atoms with Crippen molar-refractivity contribution < 1.29 is 4.74 Å². The summed E-state index contributed by atoms with van der Waals surface area (Å²) in [6.07, 6.45) is 9.49. The maximum Gasteiger partial charge on any atom is 0.0477 e. The fourth-order valence-corrected chi connectivity index (χ4v) is 3.31. The van der Waals surface area contributed by atoms with Crippen molar-refractivity contribution in [3.05, 3.63) is 0 Å². The average Bonchev–Trinajstić information content (AvgIpc) is 2.39. The van der Waals surface area contributed by atoms with Crippen LogP contribution in [0.4, 0.5) is 0 Å². The van der Waals surface area contributed by atoms with Gasteiger partial charge in [-0.15, -0.1) is 0 Å². The molecule has 0 aromatic carbocycles. The molecule has 0 spiro atoms. The molecule has 1 fully saturated rings. The molecule has 2 heteroatoms. The van der Waals surface area contributed by atoms with Crippen molar-refractivity contribution in [2.45, 2.75) is 64.8 Å². The Labute approximate surface area is 108 Å². The van der Waals surface area contributed by atoms with Gasteiger partial charge in [0.05, 0.1) is 0 Å². The third kappa shape index (κ3) is 4.97. The van der Waals surface area contributed by atoms with E-state index >= 15 is 0 Å². The first kappa shape index (κ1) is 15.0. The largest absolute Gasteiger partial charge is 0.385 e. The molecule has 1 aliphatic rings. The van der Waals surface area contributed by atoms with E-state index in [0.29, 0.717) is 6.04 Å². The van der Waals surface area contributed by atoms with Crippen molar-refractivity contribution >= 4 is 0 Å². The van der Waals surface area contributed by atoms with E-state index < -0.39 is 0 Å². The minimum absolute atomic E-state index is 0.681. The zero-order valence-corrected chi connectivity index (χ0v) is 12.0. The second-order valence-electron chi connectivity index (χ2n) is 5.46. The summed E-state index contributed by atoms with van der Waals surface area (Å²) < 4.78 is 5.27. The highest BCUT2D eigenvalue weighted by Crippen LogP contribution is 2.35. The first-order valence-electron chi connectivity index (χ1n) is 7.55. The molecule has 0 saturated heterocycles. The second-order valence-corrected chi connectivity index (χ2v) is 5.46. The van der Waals surface area contributed by atoms with Gasteiger partial charge in [-0.2, -0.15) is 0 Å². The number of rotatable bonds is 8. The average molecular weight is 241 g/mol. The second kappa shape index (κ2) is 8.93.